The molecule has 1 amide bonds. The predicted octanol–water partition coefficient (Wildman–Crippen LogP) is 0.780. The zero-order valence-electron chi connectivity index (χ0n) is 13.5. The summed E-state index contributed by atoms with van der Waals surface area (Å²) in [5.74, 6) is 2.91. The molecule has 1 aliphatic heterocycles. The highest BCUT2D eigenvalue weighted by molar-refractivity contribution is 5.79. The molecule has 2 saturated carbocycles. The van der Waals surface area contributed by atoms with E-state index in [0.29, 0.717) is 24.9 Å². The van der Waals surface area contributed by atoms with Gasteiger partial charge in [0.25, 0.3) is 0 Å². The van der Waals surface area contributed by atoms with E-state index < -0.39 is 5.54 Å². The van der Waals surface area contributed by atoms with Crippen molar-refractivity contribution in [1.29, 1.82) is 5.26 Å². The van der Waals surface area contributed by atoms with Gasteiger partial charge in [-0.1, -0.05) is 0 Å². The Hall–Kier alpha value is -1.94. The van der Waals surface area contributed by atoms with Crippen molar-refractivity contribution in [3.8, 4) is 6.07 Å². The minimum Gasteiger partial charge on any atom is -0.337 e. The second-order valence-corrected chi connectivity index (χ2v) is 7.25. The van der Waals surface area contributed by atoms with Crippen LogP contribution in [0.25, 0.3) is 0 Å². The third-order valence-electron chi connectivity index (χ3n) is 5.20. The molecule has 4 rings (SSSR count). The molecule has 0 unspecified atom stereocenters. The van der Waals surface area contributed by atoms with Crippen molar-refractivity contribution < 1.29 is 4.79 Å². The van der Waals surface area contributed by atoms with E-state index in [1.807, 2.05) is 6.92 Å². The van der Waals surface area contributed by atoms with Crippen LogP contribution in [-0.4, -0.2) is 44.2 Å². The first kappa shape index (κ1) is 14.6. The summed E-state index contributed by atoms with van der Waals surface area (Å²) in [5, 5.41) is 20.9. The molecular weight excluding hydrogens is 292 g/mol. The molecule has 0 bridgehead atoms. The quantitative estimate of drug-likeness (QED) is 0.868. The molecule has 7 heteroatoms. The topological polar surface area (TPSA) is 86.8 Å². The molecule has 1 aromatic rings. The summed E-state index contributed by atoms with van der Waals surface area (Å²) in [4.78, 5) is 14.4. The number of aromatic nitrogens is 3. The van der Waals surface area contributed by atoms with Gasteiger partial charge in [0.05, 0.1) is 19.2 Å². The Kier molecular flexibility index (Phi) is 3.38. The standard InChI is InChI=1S/C16H22N6O/c1-16(10-17,12-4-5-12)18-14(23)9-21-6-7-22-13(8-21)19-20-15(22)11-2-3-11/h11-12H,2-9H2,1H3,(H,18,23)/t16-/m0/s1. The summed E-state index contributed by atoms with van der Waals surface area (Å²) < 4.78 is 2.22. The van der Waals surface area contributed by atoms with Gasteiger partial charge in [0.15, 0.2) is 0 Å². The van der Waals surface area contributed by atoms with Crippen LogP contribution in [0, 0.1) is 17.2 Å². The molecule has 7 nitrogen and oxygen atoms in total. The lowest BCUT2D eigenvalue weighted by molar-refractivity contribution is -0.124. The molecule has 1 aromatic heterocycles. The van der Waals surface area contributed by atoms with Gasteiger partial charge in [0.2, 0.25) is 5.91 Å². The van der Waals surface area contributed by atoms with Crippen LogP contribution < -0.4 is 5.32 Å². The monoisotopic (exact) mass is 314 g/mol. The second-order valence-electron chi connectivity index (χ2n) is 7.25. The van der Waals surface area contributed by atoms with Crippen molar-refractivity contribution >= 4 is 5.91 Å². The number of fused-ring (bicyclic) bond motifs is 1. The van der Waals surface area contributed by atoms with Gasteiger partial charge in [-0.3, -0.25) is 9.69 Å². The molecule has 0 spiro atoms. The van der Waals surface area contributed by atoms with Gasteiger partial charge in [0, 0.05) is 19.0 Å². The lowest BCUT2D eigenvalue weighted by Gasteiger charge is -2.29. The van der Waals surface area contributed by atoms with E-state index in [1.54, 1.807) is 0 Å². The number of nitriles is 1. The maximum atomic E-state index is 12.3. The fourth-order valence-electron chi connectivity index (χ4n) is 3.42. The van der Waals surface area contributed by atoms with E-state index in [0.717, 1.165) is 37.6 Å². The van der Waals surface area contributed by atoms with Crippen molar-refractivity contribution in [3.05, 3.63) is 11.6 Å². The third kappa shape index (κ3) is 2.83. The summed E-state index contributed by atoms with van der Waals surface area (Å²) in [5.41, 5.74) is -0.716. The van der Waals surface area contributed by atoms with Crippen LogP contribution in [0.2, 0.25) is 0 Å². The summed E-state index contributed by atoms with van der Waals surface area (Å²) in [7, 11) is 0. The maximum absolute atomic E-state index is 12.3. The van der Waals surface area contributed by atoms with Gasteiger partial charge < -0.3 is 9.88 Å². The molecule has 1 N–H and O–H groups in total. The van der Waals surface area contributed by atoms with E-state index in [4.69, 9.17) is 0 Å². The molecular formula is C16H22N6O. The van der Waals surface area contributed by atoms with Crippen molar-refractivity contribution in [3.63, 3.8) is 0 Å². The average molecular weight is 314 g/mol. The molecule has 2 fully saturated rings. The van der Waals surface area contributed by atoms with Crippen molar-refractivity contribution in [2.24, 2.45) is 5.92 Å². The predicted molar refractivity (Wildman–Crippen MR) is 82.2 cm³/mol. The summed E-state index contributed by atoms with van der Waals surface area (Å²) >= 11 is 0. The van der Waals surface area contributed by atoms with Crippen LogP contribution >= 0.6 is 0 Å². The maximum Gasteiger partial charge on any atom is 0.235 e. The number of hydrogen-bond donors (Lipinski definition) is 1. The van der Waals surface area contributed by atoms with E-state index in [1.165, 1.54) is 12.8 Å². The summed E-state index contributed by atoms with van der Waals surface area (Å²) in [6, 6.07) is 2.27. The Balaban J connectivity index is 1.36. The largest absolute Gasteiger partial charge is 0.337 e. The van der Waals surface area contributed by atoms with Crippen LogP contribution in [0.5, 0.6) is 0 Å². The minimum absolute atomic E-state index is 0.0728. The highest BCUT2D eigenvalue weighted by atomic mass is 16.2. The number of rotatable bonds is 5. The second kappa shape index (κ2) is 5.31. The van der Waals surface area contributed by atoms with Gasteiger partial charge in [0.1, 0.15) is 17.2 Å². The molecule has 3 aliphatic rings. The Bertz CT molecular complexity index is 669. The molecule has 2 heterocycles. The highest BCUT2D eigenvalue weighted by Crippen LogP contribution is 2.40. The fraction of sp³-hybridized carbons (Fsp3) is 0.750. The van der Waals surface area contributed by atoms with Crippen molar-refractivity contribution in [1.82, 2.24) is 25.0 Å². The Morgan fingerprint density at radius 3 is 2.78 bits per heavy atom. The summed E-state index contributed by atoms with van der Waals surface area (Å²) in [6.45, 7) is 4.47. The summed E-state index contributed by atoms with van der Waals surface area (Å²) in [6.07, 6.45) is 4.50. The number of hydrogen-bond acceptors (Lipinski definition) is 5. The first-order valence-corrected chi connectivity index (χ1v) is 8.45. The van der Waals surface area contributed by atoms with Crippen LogP contribution in [0.15, 0.2) is 0 Å². The Morgan fingerprint density at radius 1 is 1.35 bits per heavy atom. The van der Waals surface area contributed by atoms with Crippen molar-refractivity contribution in [2.45, 2.75) is 57.2 Å². The zero-order valence-corrected chi connectivity index (χ0v) is 13.5. The lowest BCUT2D eigenvalue weighted by atomic mass is 9.98. The molecule has 2 aliphatic carbocycles. The van der Waals surface area contributed by atoms with E-state index >= 15 is 0 Å². The minimum atomic E-state index is -0.716. The van der Waals surface area contributed by atoms with Gasteiger partial charge >= 0.3 is 0 Å². The molecule has 122 valence electrons. The number of carbonyl (C=O) groups excluding carboxylic acids is 1. The SMILES string of the molecule is C[C@@](C#N)(NC(=O)CN1CCn2c(nnc2C2CC2)C1)C1CC1. The van der Waals surface area contributed by atoms with E-state index in [2.05, 4.69) is 31.1 Å². The normalized spacial score (nSPS) is 23.7. The van der Waals surface area contributed by atoms with Crippen LogP contribution in [0.1, 0.15) is 50.2 Å². The zero-order chi connectivity index (χ0) is 16.0. The van der Waals surface area contributed by atoms with Gasteiger partial charge in [-0.2, -0.15) is 5.26 Å². The lowest BCUT2D eigenvalue weighted by Crippen LogP contribution is -2.51. The number of nitrogens with one attached hydrogen (secondary N) is 1. The van der Waals surface area contributed by atoms with E-state index in [9.17, 15) is 10.1 Å². The first-order chi connectivity index (χ1) is 11.1. The van der Waals surface area contributed by atoms with Gasteiger partial charge in [-0.25, -0.2) is 0 Å². The van der Waals surface area contributed by atoms with Gasteiger partial charge in [-0.15, -0.1) is 10.2 Å². The van der Waals surface area contributed by atoms with E-state index in [-0.39, 0.29) is 5.91 Å². The molecule has 0 radical (unpaired) electrons. The smallest absolute Gasteiger partial charge is 0.235 e. The van der Waals surface area contributed by atoms with Crippen molar-refractivity contribution in [2.75, 3.05) is 13.1 Å². The Morgan fingerprint density at radius 2 is 2.13 bits per heavy atom. The van der Waals surface area contributed by atoms with Crippen LogP contribution in [0.4, 0.5) is 0 Å². The number of nitrogens with zero attached hydrogens (tertiary/aromatic N) is 5. The number of carbonyl (C=O) groups is 1. The number of amides is 1. The molecule has 1 atom stereocenters. The average Bonchev–Trinajstić information content (AvgIpc) is 3.43. The molecule has 0 saturated heterocycles. The highest BCUT2D eigenvalue weighted by Gasteiger charge is 2.43. The fourth-order valence-corrected chi connectivity index (χ4v) is 3.42. The van der Waals surface area contributed by atoms with Crippen LogP contribution in [-0.2, 0) is 17.9 Å². The third-order valence-corrected chi connectivity index (χ3v) is 5.20. The molecule has 23 heavy (non-hydrogen) atoms. The Labute approximate surface area is 135 Å². The first-order valence-electron chi connectivity index (χ1n) is 8.45. The molecule has 0 aromatic carbocycles. The van der Waals surface area contributed by atoms with Crippen LogP contribution in [0.3, 0.4) is 0 Å². The van der Waals surface area contributed by atoms with Gasteiger partial charge in [-0.05, 0) is 38.5 Å².